The van der Waals surface area contributed by atoms with E-state index in [4.69, 9.17) is 0 Å². The van der Waals surface area contributed by atoms with E-state index in [1.807, 2.05) is 6.92 Å². The quantitative estimate of drug-likeness (QED) is 0.664. The summed E-state index contributed by atoms with van der Waals surface area (Å²) in [5.74, 6) is 0. The maximum absolute atomic E-state index is 12.6. The van der Waals surface area contributed by atoms with Gasteiger partial charge in [-0.2, -0.15) is 4.31 Å². The van der Waals surface area contributed by atoms with Crippen molar-refractivity contribution < 1.29 is 13.3 Å². The molecule has 1 unspecified atom stereocenters. The van der Waals surface area contributed by atoms with E-state index in [-0.39, 0.29) is 29.0 Å². The standard InChI is InChI=1S/C12H17N3O4S.ClH/c1-9-7-11(15(16)17)3-4-12(9)20(18,19)14-6-5-13-8-10(14)2;/h3-4,7,10,13H,5-6,8H2,1-2H3;1H. The normalized spacial score (nSPS) is 19.8. The average Bonchev–Trinajstić information content (AvgIpc) is 2.38. The van der Waals surface area contributed by atoms with Gasteiger partial charge in [0.2, 0.25) is 10.0 Å². The third-order valence-electron chi connectivity index (χ3n) is 3.40. The van der Waals surface area contributed by atoms with Gasteiger partial charge in [-0.15, -0.1) is 12.4 Å². The van der Waals surface area contributed by atoms with Gasteiger partial charge in [-0.3, -0.25) is 10.1 Å². The molecule has 21 heavy (non-hydrogen) atoms. The first-order valence-electron chi connectivity index (χ1n) is 6.31. The van der Waals surface area contributed by atoms with Gasteiger partial charge in [-0.25, -0.2) is 8.42 Å². The lowest BCUT2D eigenvalue weighted by molar-refractivity contribution is -0.385. The maximum Gasteiger partial charge on any atom is 0.269 e. The minimum Gasteiger partial charge on any atom is -0.314 e. The van der Waals surface area contributed by atoms with Crippen molar-refractivity contribution in [2.24, 2.45) is 0 Å². The molecule has 1 fully saturated rings. The summed E-state index contributed by atoms with van der Waals surface area (Å²) in [6.07, 6.45) is 0. The van der Waals surface area contributed by atoms with Crippen LogP contribution >= 0.6 is 12.4 Å². The molecule has 0 aromatic heterocycles. The van der Waals surface area contributed by atoms with Crippen LogP contribution in [0.15, 0.2) is 23.1 Å². The first-order chi connectivity index (χ1) is 9.34. The molecule has 1 aliphatic heterocycles. The first kappa shape index (κ1) is 17.8. The molecule has 1 saturated heterocycles. The molecule has 0 spiro atoms. The number of benzene rings is 1. The van der Waals surface area contributed by atoms with E-state index in [1.54, 1.807) is 6.92 Å². The molecule has 9 heteroatoms. The van der Waals surface area contributed by atoms with Crippen LogP contribution in [0.1, 0.15) is 12.5 Å². The lowest BCUT2D eigenvalue weighted by atomic mass is 10.2. The molecule has 0 aliphatic carbocycles. The molecule has 1 atom stereocenters. The number of piperazine rings is 1. The fourth-order valence-corrected chi connectivity index (χ4v) is 4.18. The van der Waals surface area contributed by atoms with Gasteiger partial charge in [-0.05, 0) is 25.5 Å². The number of aryl methyl sites for hydroxylation is 1. The fraction of sp³-hybridized carbons (Fsp3) is 0.500. The molecular formula is C12H18ClN3O4S. The summed E-state index contributed by atoms with van der Waals surface area (Å²) >= 11 is 0. The summed E-state index contributed by atoms with van der Waals surface area (Å²) in [4.78, 5) is 10.3. The lowest BCUT2D eigenvalue weighted by Gasteiger charge is -2.33. The predicted octanol–water partition coefficient (Wildman–Crippen LogP) is 1.31. The van der Waals surface area contributed by atoms with Crippen LogP contribution in [0.3, 0.4) is 0 Å². The monoisotopic (exact) mass is 335 g/mol. The van der Waals surface area contributed by atoms with E-state index in [2.05, 4.69) is 5.32 Å². The highest BCUT2D eigenvalue weighted by Crippen LogP contribution is 2.25. The van der Waals surface area contributed by atoms with Crippen molar-refractivity contribution in [1.29, 1.82) is 0 Å². The smallest absolute Gasteiger partial charge is 0.269 e. The Bertz CT molecular complexity index is 635. The van der Waals surface area contributed by atoms with Crippen LogP contribution in [0.4, 0.5) is 5.69 Å². The van der Waals surface area contributed by atoms with Crippen molar-refractivity contribution >= 4 is 28.1 Å². The van der Waals surface area contributed by atoms with Crippen molar-refractivity contribution in [1.82, 2.24) is 9.62 Å². The van der Waals surface area contributed by atoms with E-state index in [9.17, 15) is 18.5 Å². The van der Waals surface area contributed by atoms with Crippen LogP contribution in [-0.4, -0.2) is 43.3 Å². The summed E-state index contributed by atoms with van der Waals surface area (Å²) in [7, 11) is -3.61. The Morgan fingerprint density at radius 1 is 1.43 bits per heavy atom. The highest BCUT2D eigenvalue weighted by Gasteiger charge is 2.32. The van der Waals surface area contributed by atoms with Crippen LogP contribution in [0.2, 0.25) is 0 Å². The van der Waals surface area contributed by atoms with Crippen LogP contribution < -0.4 is 5.32 Å². The molecule has 1 aliphatic rings. The van der Waals surface area contributed by atoms with E-state index in [1.165, 1.54) is 22.5 Å². The van der Waals surface area contributed by atoms with Crippen LogP contribution in [0.25, 0.3) is 0 Å². The average molecular weight is 336 g/mol. The molecule has 0 saturated carbocycles. The third-order valence-corrected chi connectivity index (χ3v) is 5.57. The number of sulfonamides is 1. The zero-order chi connectivity index (χ0) is 14.9. The van der Waals surface area contributed by atoms with E-state index >= 15 is 0 Å². The van der Waals surface area contributed by atoms with E-state index in [0.717, 1.165) is 0 Å². The zero-order valence-electron chi connectivity index (χ0n) is 11.8. The van der Waals surface area contributed by atoms with Crippen LogP contribution in [0, 0.1) is 17.0 Å². The molecule has 0 bridgehead atoms. The number of nitrogens with zero attached hydrogens (tertiary/aromatic N) is 2. The molecule has 7 nitrogen and oxygen atoms in total. The molecule has 0 amide bonds. The van der Waals surface area contributed by atoms with Crippen molar-refractivity contribution in [2.75, 3.05) is 19.6 Å². The first-order valence-corrected chi connectivity index (χ1v) is 7.75. The van der Waals surface area contributed by atoms with Gasteiger partial charge in [0.15, 0.2) is 0 Å². The Morgan fingerprint density at radius 3 is 2.62 bits per heavy atom. The Hall–Kier alpha value is -1.22. The molecule has 1 N–H and O–H groups in total. The van der Waals surface area contributed by atoms with E-state index in [0.29, 0.717) is 25.2 Å². The Labute approximate surface area is 129 Å². The third kappa shape index (κ3) is 3.52. The second-order valence-corrected chi connectivity index (χ2v) is 6.73. The summed E-state index contributed by atoms with van der Waals surface area (Å²) in [5.41, 5.74) is 0.291. The number of halogens is 1. The zero-order valence-corrected chi connectivity index (χ0v) is 13.4. The molecular weight excluding hydrogens is 318 g/mol. The van der Waals surface area contributed by atoms with Crippen molar-refractivity contribution in [3.63, 3.8) is 0 Å². The van der Waals surface area contributed by atoms with Gasteiger partial charge in [0.1, 0.15) is 0 Å². The number of rotatable bonds is 3. The van der Waals surface area contributed by atoms with Gasteiger partial charge < -0.3 is 5.32 Å². The minimum absolute atomic E-state index is 0. The molecule has 118 valence electrons. The van der Waals surface area contributed by atoms with Gasteiger partial charge >= 0.3 is 0 Å². The second kappa shape index (κ2) is 6.69. The molecule has 0 radical (unpaired) electrons. The SMILES string of the molecule is Cc1cc([N+](=O)[O-])ccc1S(=O)(=O)N1CCNCC1C.Cl. The maximum atomic E-state index is 12.6. The van der Waals surface area contributed by atoms with Crippen LogP contribution in [0.5, 0.6) is 0 Å². The number of hydrogen-bond acceptors (Lipinski definition) is 5. The predicted molar refractivity (Wildman–Crippen MR) is 81.3 cm³/mol. The van der Waals surface area contributed by atoms with Gasteiger partial charge in [-0.1, -0.05) is 0 Å². The summed E-state index contributed by atoms with van der Waals surface area (Å²) in [5, 5.41) is 13.8. The Balaban J connectivity index is 0.00000220. The van der Waals surface area contributed by atoms with Gasteiger partial charge in [0.25, 0.3) is 5.69 Å². The Morgan fingerprint density at radius 2 is 2.10 bits per heavy atom. The highest BCUT2D eigenvalue weighted by atomic mass is 35.5. The number of nitro groups is 1. The summed E-state index contributed by atoms with van der Waals surface area (Å²) in [6, 6.07) is 3.70. The van der Waals surface area contributed by atoms with Gasteiger partial charge in [0.05, 0.1) is 9.82 Å². The number of hydrogen-bond donors (Lipinski definition) is 1. The molecule has 2 rings (SSSR count). The minimum atomic E-state index is -3.61. The lowest BCUT2D eigenvalue weighted by Crippen LogP contribution is -2.52. The second-order valence-electron chi connectivity index (χ2n) is 4.88. The fourth-order valence-electron chi connectivity index (χ4n) is 2.34. The van der Waals surface area contributed by atoms with Crippen LogP contribution in [-0.2, 0) is 10.0 Å². The topological polar surface area (TPSA) is 92.5 Å². The molecule has 1 aromatic carbocycles. The van der Waals surface area contributed by atoms with Crippen molar-refractivity contribution in [3.8, 4) is 0 Å². The van der Waals surface area contributed by atoms with Crippen molar-refractivity contribution in [3.05, 3.63) is 33.9 Å². The highest BCUT2D eigenvalue weighted by molar-refractivity contribution is 7.89. The number of nitro benzene ring substituents is 1. The van der Waals surface area contributed by atoms with Crippen molar-refractivity contribution in [2.45, 2.75) is 24.8 Å². The van der Waals surface area contributed by atoms with Gasteiger partial charge in [0, 0.05) is 37.8 Å². The number of nitrogens with one attached hydrogen (secondary N) is 1. The Kier molecular flexibility index (Phi) is 5.68. The largest absolute Gasteiger partial charge is 0.314 e. The molecule has 1 aromatic rings. The number of non-ortho nitro benzene ring substituents is 1. The van der Waals surface area contributed by atoms with E-state index < -0.39 is 14.9 Å². The summed E-state index contributed by atoms with van der Waals surface area (Å²) < 4.78 is 26.7. The summed E-state index contributed by atoms with van der Waals surface area (Å²) in [6.45, 7) is 5.03. The molecule has 1 heterocycles.